The number of amides is 2. The van der Waals surface area contributed by atoms with Crippen LogP contribution >= 0.6 is 0 Å². The SMILES string of the molecule is CCCCCC1=NN(C(=O)N2C[C@@H](C)N(C)[C@@H](C)C2)CC1c1ccccc1. The highest BCUT2D eigenvalue weighted by Crippen LogP contribution is 2.29. The van der Waals surface area contributed by atoms with Crippen molar-refractivity contribution >= 4 is 11.7 Å². The monoisotopic (exact) mass is 370 g/mol. The number of carbonyl (C=O) groups excluding carboxylic acids is 1. The third-order valence-corrected chi connectivity index (χ3v) is 6.10. The van der Waals surface area contributed by atoms with E-state index in [9.17, 15) is 4.79 Å². The van der Waals surface area contributed by atoms with Crippen molar-refractivity contribution in [1.29, 1.82) is 0 Å². The number of hydrazone groups is 1. The molecule has 1 unspecified atom stereocenters. The second-order valence-electron chi connectivity index (χ2n) is 8.14. The lowest BCUT2D eigenvalue weighted by Crippen LogP contribution is -2.58. The molecule has 2 amide bonds. The maximum atomic E-state index is 13.2. The van der Waals surface area contributed by atoms with E-state index in [1.54, 1.807) is 5.01 Å². The largest absolute Gasteiger partial charge is 0.340 e. The van der Waals surface area contributed by atoms with Crippen molar-refractivity contribution in [3.8, 4) is 0 Å². The van der Waals surface area contributed by atoms with E-state index < -0.39 is 0 Å². The van der Waals surface area contributed by atoms with Crippen LogP contribution < -0.4 is 0 Å². The van der Waals surface area contributed by atoms with E-state index in [2.05, 4.69) is 57.0 Å². The summed E-state index contributed by atoms with van der Waals surface area (Å²) in [5, 5.41) is 6.53. The van der Waals surface area contributed by atoms with Gasteiger partial charge in [0.25, 0.3) is 0 Å². The zero-order chi connectivity index (χ0) is 19.4. The molecule has 0 radical (unpaired) electrons. The lowest BCUT2D eigenvalue weighted by atomic mass is 9.92. The Balaban J connectivity index is 1.74. The predicted molar refractivity (Wildman–Crippen MR) is 111 cm³/mol. The van der Waals surface area contributed by atoms with Crippen molar-refractivity contribution in [2.24, 2.45) is 5.10 Å². The molecule has 1 fully saturated rings. The minimum atomic E-state index is 0.0632. The second-order valence-corrected chi connectivity index (χ2v) is 8.14. The Kier molecular flexibility index (Phi) is 6.53. The smallest absolute Gasteiger partial charge is 0.320 e. The van der Waals surface area contributed by atoms with E-state index in [4.69, 9.17) is 5.10 Å². The van der Waals surface area contributed by atoms with Crippen LogP contribution in [0.1, 0.15) is 57.9 Å². The molecule has 148 valence electrons. The maximum absolute atomic E-state index is 13.2. The van der Waals surface area contributed by atoms with Gasteiger partial charge >= 0.3 is 6.03 Å². The fraction of sp³-hybridized carbons (Fsp3) is 0.636. The van der Waals surface area contributed by atoms with Crippen LogP contribution in [0.3, 0.4) is 0 Å². The van der Waals surface area contributed by atoms with Gasteiger partial charge in [-0.15, -0.1) is 0 Å². The molecule has 5 heteroatoms. The van der Waals surface area contributed by atoms with Crippen LogP contribution in [0, 0.1) is 0 Å². The van der Waals surface area contributed by atoms with Gasteiger partial charge < -0.3 is 4.90 Å². The van der Waals surface area contributed by atoms with Crippen molar-refractivity contribution in [1.82, 2.24) is 14.8 Å². The zero-order valence-electron chi connectivity index (χ0n) is 17.3. The first-order valence-corrected chi connectivity index (χ1v) is 10.4. The van der Waals surface area contributed by atoms with Crippen molar-refractivity contribution in [3.05, 3.63) is 35.9 Å². The van der Waals surface area contributed by atoms with E-state index in [-0.39, 0.29) is 11.9 Å². The molecule has 0 aliphatic carbocycles. The standard InChI is InChI=1S/C22H34N4O/c1-5-6-8-13-21-20(19-11-9-7-10-12-19)16-26(23-21)22(27)25-14-17(2)24(4)18(3)15-25/h7,9-12,17-18,20H,5-6,8,13-16H2,1-4H3/t17-,18+,20?. The zero-order valence-corrected chi connectivity index (χ0v) is 17.3. The molecule has 27 heavy (non-hydrogen) atoms. The Morgan fingerprint density at radius 2 is 1.74 bits per heavy atom. The quantitative estimate of drug-likeness (QED) is 0.730. The Bertz CT molecular complexity index is 648. The summed E-state index contributed by atoms with van der Waals surface area (Å²) in [6.07, 6.45) is 4.53. The third-order valence-electron chi connectivity index (χ3n) is 6.10. The average molecular weight is 371 g/mol. The Morgan fingerprint density at radius 1 is 1.07 bits per heavy atom. The summed E-state index contributed by atoms with van der Waals surface area (Å²) >= 11 is 0. The van der Waals surface area contributed by atoms with Crippen LogP contribution in [-0.4, -0.2) is 65.3 Å². The molecule has 1 aromatic carbocycles. The first kappa shape index (κ1) is 19.9. The van der Waals surface area contributed by atoms with E-state index in [0.717, 1.165) is 25.9 Å². The molecule has 0 aromatic heterocycles. The Labute approximate surface area is 164 Å². The molecule has 2 aliphatic heterocycles. The fourth-order valence-corrected chi connectivity index (χ4v) is 4.15. The van der Waals surface area contributed by atoms with Gasteiger partial charge in [0.15, 0.2) is 0 Å². The first-order chi connectivity index (χ1) is 13.0. The number of benzene rings is 1. The number of urea groups is 1. The Hall–Kier alpha value is -1.88. The minimum absolute atomic E-state index is 0.0632. The van der Waals surface area contributed by atoms with Crippen molar-refractivity contribution in [3.63, 3.8) is 0 Å². The lowest BCUT2D eigenvalue weighted by molar-refractivity contribution is 0.0642. The van der Waals surface area contributed by atoms with Gasteiger partial charge in [-0.1, -0.05) is 50.1 Å². The number of likely N-dealkylation sites (N-methyl/N-ethyl adjacent to an activating group) is 1. The molecule has 3 rings (SSSR count). The van der Waals surface area contributed by atoms with Crippen LogP contribution in [0.4, 0.5) is 4.79 Å². The average Bonchev–Trinajstić information content (AvgIpc) is 3.10. The molecule has 2 heterocycles. The molecule has 1 saturated heterocycles. The van der Waals surface area contributed by atoms with Crippen molar-refractivity contribution in [2.75, 3.05) is 26.7 Å². The van der Waals surface area contributed by atoms with E-state index in [1.165, 1.54) is 24.1 Å². The number of hydrogen-bond donors (Lipinski definition) is 0. The molecule has 0 bridgehead atoms. The van der Waals surface area contributed by atoms with E-state index in [0.29, 0.717) is 18.6 Å². The summed E-state index contributed by atoms with van der Waals surface area (Å²) in [5.74, 6) is 0.231. The topological polar surface area (TPSA) is 39.2 Å². The number of rotatable bonds is 5. The summed E-state index contributed by atoms with van der Waals surface area (Å²) in [5.41, 5.74) is 2.43. The predicted octanol–water partition coefficient (Wildman–Crippen LogP) is 4.17. The normalized spacial score (nSPS) is 26.4. The summed E-state index contributed by atoms with van der Waals surface area (Å²) in [6, 6.07) is 11.3. The second kappa shape index (κ2) is 8.87. The third kappa shape index (κ3) is 4.52. The summed E-state index contributed by atoms with van der Waals surface area (Å²) < 4.78 is 0. The minimum Gasteiger partial charge on any atom is -0.320 e. The van der Waals surface area contributed by atoms with E-state index in [1.807, 2.05) is 11.0 Å². The lowest BCUT2D eigenvalue weighted by Gasteiger charge is -2.42. The molecule has 2 aliphatic rings. The van der Waals surface area contributed by atoms with Gasteiger partial charge in [-0.25, -0.2) is 9.80 Å². The molecule has 0 N–H and O–H groups in total. The molecule has 1 aromatic rings. The highest BCUT2D eigenvalue weighted by molar-refractivity contribution is 5.94. The van der Waals surface area contributed by atoms with Crippen LogP contribution in [0.15, 0.2) is 35.4 Å². The van der Waals surface area contributed by atoms with Gasteiger partial charge in [-0.2, -0.15) is 5.10 Å². The van der Waals surface area contributed by atoms with E-state index >= 15 is 0 Å². The number of unbranched alkanes of at least 4 members (excludes halogenated alkanes) is 2. The molecular formula is C22H34N4O. The van der Waals surface area contributed by atoms with Gasteiger partial charge in [0.2, 0.25) is 0 Å². The van der Waals surface area contributed by atoms with Crippen LogP contribution in [-0.2, 0) is 0 Å². The fourth-order valence-electron chi connectivity index (χ4n) is 4.15. The van der Waals surface area contributed by atoms with Crippen LogP contribution in [0.25, 0.3) is 0 Å². The maximum Gasteiger partial charge on any atom is 0.340 e. The summed E-state index contributed by atoms with van der Waals surface area (Å²) in [7, 11) is 2.14. The Morgan fingerprint density at radius 3 is 2.37 bits per heavy atom. The van der Waals surface area contributed by atoms with Crippen molar-refractivity contribution in [2.45, 2.75) is 64.5 Å². The van der Waals surface area contributed by atoms with Crippen molar-refractivity contribution < 1.29 is 4.79 Å². The highest BCUT2D eigenvalue weighted by atomic mass is 16.2. The van der Waals surface area contributed by atoms with Gasteiger partial charge in [-0.3, -0.25) is 4.90 Å². The van der Waals surface area contributed by atoms with Gasteiger partial charge in [0.1, 0.15) is 0 Å². The summed E-state index contributed by atoms with van der Waals surface area (Å²) in [4.78, 5) is 17.5. The van der Waals surface area contributed by atoms with Gasteiger partial charge in [0.05, 0.1) is 6.54 Å². The van der Waals surface area contributed by atoms with Gasteiger partial charge in [-0.05, 0) is 39.3 Å². The molecule has 0 saturated carbocycles. The molecule has 0 spiro atoms. The van der Waals surface area contributed by atoms with Crippen LogP contribution in [0.2, 0.25) is 0 Å². The van der Waals surface area contributed by atoms with Gasteiger partial charge in [0, 0.05) is 36.8 Å². The number of piperazine rings is 1. The molecule has 5 nitrogen and oxygen atoms in total. The molecule has 3 atom stereocenters. The summed E-state index contributed by atoms with van der Waals surface area (Å²) in [6.45, 7) is 8.80. The number of carbonyl (C=O) groups is 1. The molecular weight excluding hydrogens is 336 g/mol. The first-order valence-electron chi connectivity index (χ1n) is 10.4. The number of hydrogen-bond acceptors (Lipinski definition) is 3. The van der Waals surface area contributed by atoms with Crippen LogP contribution in [0.5, 0.6) is 0 Å². The highest BCUT2D eigenvalue weighted by Gasteiger charge is 2.36. The number of nitrogens with zero attached hydrogens (tertiary/aromatic N) is 4.